The van der Waals surface area contributed by atoms with Crippen LogP contribution >= 0.6 is 0 Å². The van der Waals surface area contributed by atoms with Crippen LogP contribution in [0.1, 0.15) is 15.9 Å². The van der Waals surface area contributed by atoms with Crippen LogP contribution in [0.2, 0.25) is 0 Å². The van der Waals surface area contributed by atoms with Crippen molar-refractivity contribution in [3.05, 3.63) is 75.6 Å². The average Bonchev–Trinajstić information content (AvgIpc) is 2.72. The standard InChI is InChI=1S/C22H21F2N3O3/c1-25-6-8-26(9-7-25)20-11-19-16(10-18(20)24)21(28)17(22(29)30)13-27(19)12-14-2-4-15(23)5-3-14/h2-5,10-11,13H,6-9,12H2,1H3,(H,29,30). The van der Waals surface area contributed by atoms with Gasteiger partial charge in [0.2, 0.25) is 5.43 Å². The van der Waals surface area contributed by atoms with Gasteiger partial charge in [0, 0.05) is 44.3 Å². The topological polar surface area (TPSA) is 65.8 Å². The van der Waals surface area contributed by atoms with Crippen molar-refractivity contribution in [2.24, 2.45) is 0 Å². The zero-order valence-electron chi connectivity index (χ0n) is 16.4. The normalized spacial score (nSPS) is 15.0. The number of carboxylic acids is 1. The molecule has 30 heavy (non-hydrogen) atoms. The molecule has 1 aliphatic rings. The number of halogens is 2. The highest BCUT2D eigenvalue weighted by molar-refractivity contribution is 5.93. The van der Waals surface area contributed by atoms with Crippen molar-refractivity contribution >= 4 is 22.6 Å². The van der Waals surface area contributed by atoms with Gasteiger partial charge in [-0.1, -0.05) is 12.1 Å². The molecular weight excluding hydrogens is 392 g/mol. The van der Waals surface area contributed by atoms with Crippen LogP contribution in [0, 0.1) is 11.6 Å². The van der Waals surface area contributed by atoms with E-state index in [0.717, 1.165) is 24.7 Å². The highest BCUT2D eigenvalue weighted by Gasteiger charge is 2.21. The van der Waals surface area contributed by atoms with Crippen LogP contribution in [0.25, 0.3) is 10.9 Å². The number of likely N-dealkylation sites (N-methyl/N-ethyl adjacent to an activating group) is 1. The molecule has 0 saturated carbocycles. The SMILES string of the molecule is CN1CCN(c2cc3c(cc2F)c(=O)c(C(=O)O)cn3Cc2ccc(F)cc2)CC1. The first-order chi connectivity index (χ1) is 14.3. The van der Waals surface area contributed by atoms with Gasteiger partial charge >= 0.3 is 5.97 Å². The first-order valence-electron chi connectivity index (χ1n) is 9.61. The number of pyridine rings is 1. The van der Waals surface area contributed by atoms with Crippen LogP contribution < -0.4 is 10.3 Å². The van der Waals surface area contributed by atoms with E-state index >= 15 is 0 Å². The molecule has 0 atom stereocenters. The lowest BCUT2D eigenvalue weighted by Crippen LogP contribution is -2.44. The fraction of sp³-hybridized carbons (Fsp3) is 0.273. The Kier molecular flexibility index (Phi) is 5.26. The number of fused-ring (bicyclic) bond motifs is 1. The first kappa shape index (κ1) is 20.0. The number of carbonyl (C=O) groups is 1. The van der Waals surface area contributed by atoms with Gasteiger partial charge in [-0.15, -0.1) is 0 Å². The second kappa shape index (κ2) is 7.87. The number of hydrogen-bond acceptors (Lipinski definition) is 4. The van der Waals surface area contributed by atoms with Gasteiger partial charge in [-0.25, -0.2) is 13.6 Å². The molecule has 0 aliphatic carbocycles. The van der Waals surface area contributed by atoms with E-state index in [-0.39, 0.29) is 17.7 Å². The van der Waals surface area contributed by atoms with Gasteiger partial charge in [0.25, 0.3) is 0 Å². The quantitative estimate of drug-likeness (QED) is 0.713. The molecule has 1 fully saturated rings. The van der Waals surface area contributed by atoms with Crippen molar-refractivity contribution < 1.29 is 18.7 Å². The van der Waals surface area contributed by atoms with Crippen molar-refractivity contribution in [3.8, 4) is 0 Å². The maximum absolute atomic E-state index is 14.9. The third kappa shape index (κ3) is 3.78. The second-order valence-corrected chi connectivity index (χ2v) is 7.54. The lowest BCUT2D eigenvalue weighted by molar-refractivity contribution is 0.0695. The minimum absolute atomic E-state index is 0.00684. The van der Waals surface area contributed by atoms with E-state index in [0.29, 0.717) is 24.3 Å². The molecule has 1 N–H and O–H groups in total. The Bertz CT molecular complexity index is 1170. The Morgan fingerprint density at radius 3 is 2.37 bits per heavy atom. The minimum Gasteiger partial charge on any atom is -0.477 e. The molecule has 6 nitrogen and oxygen atoms in total. The molecule has 2 heterocycles. The van der Waals surface area contributed by atoms with Crippen LogP contribution in [0.15, 0.2) is 47.4 Å². The Hall–Kier alpha value is -3.26. The fourth-order valence-corrected chi connectivity index (χ4v) is 3.76. The van der Waals surface area contributed by atoms with E-state index in [1.807, 2.05) is 11.9 Å². The van der Waals surface area contributed by atoms with Gasteiger partial charge < -0.3 is 19.5 Å². The van der Waals surface area contributed by atoms with Gasteiger partial charge in [-0.05, 0) is 36.9 Å². The summed E-state index contributed by atoms with van der Waals surface area (Å²) in [6, 6.07) is 8.53. The highest BCUT2D eigenvalue weighted by Crippen LogP contribution is 2.26. The van der Waals surface area contributed by atoms with Crippen molar-refractivity contribution in [1.82, 2.24) is 9.47 Å². The van der Waals surface area contributed by atoms with Crippen LogP contribution in [-0.4, -0.2) is 53.8 Å². The number of rotatable bonds is 4. The number of nitrogens with zero attached hydrogens (tertiary/aromatic N) is 3. The molecular formula is C22H21F2N3O3. The third-order valence-electron chi connectivity index (χ3n) is 5.49. The van der Waals surface area contributed by atoms with E-state index in [1.165, 1.54) is 18.3 Å². The molecule has 1 saturated heterocycles. The summed E-state index contributed by atoms with van der Waals surface area (Å²) in [5.74, 6) is -2.31. The molecule has 1 aromatic heterocycles. The number of anilines is 1. The molecule has 2 aromatic carbocycles. The summed E-state index contributed by atoms with van der Waals surface area (Å²) in [7, 11) is 2.00. The number of piperazine rings is 1. The molecule has 0 unspecified atom stereocenters. The van der Waals surface area contributed by atoms with Crippen LogP contribution in [0.3, 0.4) is 0 Å². The van der Waals surface area contributed by atoms with Crippen molar-refractivity contribution in [2.75, 3.05) is 38.1 Å². The largest absolute Gasteiger partial charge is 0.477 e. The number of benzene rings is 2. The molecule has 156 valence electrons. The van der Waals surface area contributed by atoms with E-state index in [1.54, 1.807) is 22.8 Å². The zero-order chi connectivity index (χ0) is 21.4. The van der Waals surface area contributed by atoms with E-state index in [9.17, 15) is 23.5 Å². The van der Waals surface area contributed by atoms with Crippen LogP contribution in [0.5, 0.6) is 0 Å². The van der Waals surface area contributed by atoms with Gasteiger partial charge in [0.15, 0.2) is 0 Å². The minimum atomic E-state index is -1.38. The molecule has 0 spiro atoms. The van der Waals surface area contributed by atoms with Crippen LogP contribution in [0.4, 0.5) is 14.5 Å². The van der Waals surface area contributed by atoms with E-state index in [2.05, 4.69) is 4.90 Å². The lowest BCUT2D eigenvalue weighted by Gasteiger charge is -2.34. The molecule has 0 radical (unpaired) electrons. The van der Waals surface area contributed by atoms with Crippen molar-refractivity contribution in [2.45, 2.75) is 6.54 Å². The maximum Gasteiger partial charge on any atom is 0.341 e. The first-order valence-corrected chi connectivity index (χ1v) is 9.61. The fourth-order valence-electron chi connectivity index (χ4n) is 3.76. The lowest BCUT2D eigenvalue weighted by atomic mass is 10.1. The Morgan fingerprint density at radius 1 is 1.07 bits per heavy atom. The number of hydrogen-bond donors (Lipinski definition) is 1. The molecule has 8 heteroatoms. The number of aromatic nitrogens is 1. The Morgan fingerprint density at radius 2 is 1.73 bits per heavy atom. The predicted molar refractivity (Wildman–Crippen MR) is 110 cm³/mol. The molecule has 3 aromatic rings. The van der Waals surface area contributed by atoms with Crippen molar-refractivity contribution in [1.29, 1.82) is 0 Å². The van der Waals surface area contributed by atoms with Crippen molar-refractivity contribution in [3.63, 3.8) is 0 Å². The third-order valence-corrected chi connectivity index (χ3v) is 5.49. The summed E-state index contributed by atoms with van der Waals surface area (Å²) in [6.45, 7) is 3.09. The smallest absolute Gasteiger partial charge is 0.341 e. The molecule has 4 rings (SSSR count). The summed E-state index contributed by atoms with van der Waals surface area (Å²) in [5.41, 5.74) is 0.381. The van der Waals surface area contributed by atoms with Gasteiger partial charge in [-0.2, -0.15) is 0 Å². The van der Waals surface area contributed by atoms with E-state index in [4.69, 9.17) is 0 Å². The Labute approximate surface area is 171 Å². The number of aromatic carboxylic acids is 1. The summed E-state index contributed by atoms with van der Waals surface area (Å²) in [6.07, 6.45) is 1.27. The maximum atomic E-state index is 14.9. The van der Waals surface area contributed by atoms with Gasteiger partial charge in [0.1, 0.15) is 17.2 Å². The summed E-state index contributed by atoms with van der Waals surface area (Å²) < 4.78 is 29.8. The summed E-state index contributed by atoms with van der Waals surface area (Å²) in [4.78, 5) is 28.3. The monoisotopic (exact) mass is 413 g/mol. The predicted octanol–water partition coefficient (Wildman–Crippen LogP) is 2.78. The molecule has 0 bridgehead atoms. The summed E-state index contributed by atoms with van der Waals surface area (Å²) >= 11 is 0. The summed E-state index contributed by atoms with van der Waals surface area (Å²) in [5, 5.41) is 9.44. The van der Waals surface area contributed by atoms with Crippen LogP contribution in [-0.2, 0) is 6.54 Å². The Balaban J connectivity index is 1.87. The highest BCUT2D eigenvalue weighted by atomic mass is 19.1. The van der Waals surface area contributed by atoms with Gasteiger partial charge in [-0.3, -0.25) is 4.79 Å². The molecule has 0 amide bonds. The second-order valence-electron chi connectivity index (χ2n) is 7.54. The molecule has 1 aliphatic heterocycles. The number of carboxylic acid groups (broad SMARTS) is 1. The average molecular weight is 413 g/mol. The van der Waals surface area contributed by atoms with Gasteiger partial charge in [0.05, 0.1) is 11.2 Å². The zero-order valence-corrected chi connectivity index (χ0v) is 16.4. The van der Waals surface area contributed by atoms with E-state index < -0.39 is 22.8 Å².